The van der Waals surface area contributed by atoms with E-state index in [1.165, 1.54) is 0 Å². The zero-order chi connectivity index (χ0) is 9.31. The Bertz CT molecular complexity index is 335. The molecule has 0 saturated heterocycles. The Morgan fingerprint density at radius 2 is 2.15 bits per heavy atom. The van der Waals surface area contributed by atoms with Crippen LogP contribution in [-0.2, 0) is 16.9 Å². The van der Waals surface area contributed by atoms with Gasteiger partial charge in [0.05, 0.1) is 0 Å². The number of hydrogen-bond donors (Lipinski definition) is 0. The maximum absolute atomic E-state index is 13.9. The predicted octanol–water partition coefficient (Wildman–Crippen LogP) is 2.39. The molecule has 1 nitrogen and oxygen atoms in total. The topological polar surface area (TPSA) is 17.1 Å². The number of aldehydes is 1. The molecule has 0 bridgehead atoms. The fourth-order valence-electron chi connectivity index (χ4n) is 1.94. The summed E-state index contributed by atoms with van der Waals surface area (Å²) in [6.45, 7) is 0. The van der Waals surface area contributed by atoms with Gasteiger partial charge in [-0.25, -0.2) is 4.39 Å². The van der Waals surface area contributed by atoms with Gasteiger partial charge >= 0.3 is 0 Å². The summed E-state index contributed by atoms with van der Waals surface area (Å²) in [6, 6.07) is 7.27. The molecule has 0 spiro atoms. The minimum atomic E-state index is -1.73. The fraction of sp³-hybridized carbons (Fsp3) is 0.364. The van der Waals surface area contributed by atoms with Gasteiger partial charge in [0, 0.05) is 0 Å². The molecule has 0 aliphatic heterocycles. The minimum Gasteiger partial charge on any atom is -0.299 e. The number of fused-ring (bicyclic) bond motifs is 1. The van der Waals surface area contributed by atoms with Gasteiger partial charge in [-0.05, 0) is 30.4 Å². The molecule has 0 fully saturated rings. The van der Waals surface area contributed by atoms with E-state index in [9.17, 15) is 9.18 Å². The van der Waals surface area contributed by atoms with Crippen molar-refractivity contribution in [3.63, 3.8) is 0 Å². The molecule has 0 amide bonds. The van der Waals surface area contributed by atoms with E-state index >= 15 is 0 Å². The lowest BCUT2D eigenvalue weighted by molar-refractivity contribution is -0.119. The van der Waals surface area contributed by atoms with E-state index in [0.717, 1.165) is 18.4 Å². The largest absolute Gasteiger partial charge is 0.299 e. The van der Waals surface area contributed by atoms with Crippen LogP contribution in [0.3, 0.4) is 0 Å². The molecular weight excluding hydrogens is 167 g/mol. The van der Waals surface area contributed by atoms with Crippen molar-refractivity contribution in [2.24, 2.45) is 0 Å². The van der Waals surface area contributed by atoms with Crippen molar-refractivity contribution in [3.05, 3.63) is 35.4 Å². The van der Waals surface area contributed by atoms with Crippen LogP contribution in [0, 0.1) is 0 Å². The first kappa shape index (κ1) is 8.42. The summed E-state index contributed by atoms with van der Waals surface area (Å²) in [7, 11) is 0. The summed E-state index contributed by atoms with van der Waals surface area (Å²) in [5, 5.41) is 0. The van der Waals surface area contributed by atoms with E-state index in [0.29, 0.717) is 18.3 Å². The predicted molar refractivity (Wildman–Crippen MR) is 48.2 cm³/mol. The standard InChI is InChI=1S/C11H11FO/c12-11(8-13)7-3-5-9-4-1-2-6-10(9)11/h1-2,4,6,8H,3,5,7H2/t11-/m1/s1. The van der Waals surface area contributed by atoms with Crippen LogP contribution >= 0.6 is 0 Å². The molecule has 1 aromatic rings. The molecule has 0 N–H and O–H groups in total. The number of alkyl halides is 1. The monoisotopic (exact) mass is 178 g/mol. The highest BCUT2D eigenvalue weighted by atomic mass is 19.1. The summed E-state index contributed by atoms with van der Waals surface area (Å²) < 4.78 is 13.9. The van der Waals surface area contributed by atoms with Gasteiger partial charge in [0.2, 0.25) is 0 Å². The molecule has 2 heteroatoms. The van der Waals surface area contributed by atoms with Crippen molar-refractivity contribution in [3.8, 4) is 0 Å². The van der Waals surface area contributed by atoms with Crippen molar-refractivity contribution in [2.75, 3.05) is 0 Å². The third-order valence-corrected chi connectivity index (χ3v) is 2.64. The van der Waals surface area contributed by atoms with Crippen LogP contribution < -0.4 is 0 Å². The molecule has 1 atom stereocenters. The van der Waals surface area contributed by atoms with Crippen molar-refractivity contribution >= 4 is 6.29 Å². The number of rotatable bonds is 1. The zero-order valence-electron chi connectivity index (χ0n) is 7.29. The van der Waals surface area contributed by atoms with Crippen LogP contribution in [0.2, 0.25) is 0 Å². The SMILES string of the molecule is O=C[C@]1(F)CCCc2ccccc21. The molecule has 1 aromatic carbocycles. The molecule has 0 radical (unpaired) electrons. The van der Waals surface area contributed by atoms with Crippen LogP contribution in [0.25, 0.3) is 0 Å². The Balaban J connectivity index is 2.54. The molecule has 2 rings (SSSR count). The highest BCUT2D eigenvalue weighted by molar-refractivity contribution is 5.67. The molecule has 0 unspecified atom stereocenters. The molecule has 13 heavy (non-hydrogen) atoms. The third kappa shape index (κ3) is 1.26. The normalized spacial score (nSPS) is 26.5. The fourth-order valence-corrected chi connectivity index (χ4v) is 1.94. The second-order valence-electron chi connectivity index (χ2n) is 3.49. The van der Waals surface area contributed by atoms with Gasteiger partial charge in [0.1, 0.15) is 0 Å². The van der Waals surface area contributed by atoms with Crippen LogP contribution in [0.4, 0.5) is 4.39 Å². The van der Waals surface area contributed by atoms with Crippen molar-refractivity contribution < 1.29 is 9.18 Å². The molecule has 0 saturated carbocycles. The second-order valence-corrected chi connectivity index (χ2v) is 3.49. The number of aryl methyl sites for hydroxylation is 1. The van der Waals surface area contributed by atoms with Crippen molar-refractivity contribution in [1.82, 2.24) is 0 Å². The first-order chi connectivity index (χ1) is 6.26. The summed E-state index contributed by atoms with van der Waals surface area (Å²) in [5.74, 6) is 0. The van der Waals surface area contributed by atoms with Crippen LogP contribution in [0.1, 0.15) is 24.0 Å². The Morgan fingerprint density at radius 1 is 1.38 bits per heavy atom. The van der Waals surface area contributed by atoms with E-state index in [1.54, 1.807) is 12.1 Å². The Kier molecular flexibility index (Phi) is 1.91. The minimum absolute atomic E-state index is 0.327. The molecule has 68 valence electrons. The van der Waals surface area contributed by atoms with Crippen LogP contribution in [0.15, 0.2) is 24.3 Å². The molecule has 0 aromatic heterocycles. The van der Waals surface area contributed by atoms with Crippen LogP contribution in [-0.4, -0.2) is 6.29 Å². The average molecular weight is 178 g/mol. The zero-order valence-corrected chi connectivity index (χ0v) is 7.29. The Morgan fingerprint density at radius 3 is 2.92 bits per heavy atom. The third-order valence-electron chi connectivity index (χ3n) is 2.64. The summed E-state index contributed by atoms with van der Waals surface area (Å²) in [6.07, 6.45) is 2.40. The van der Waals surface area contributed by atoms with Gasteiger partial charge in [0.25, 0.3) is 0 Å². The summed E-state index contributed by atoms with van der Waals surface area (Å²) in [4.78, 5) is 10.7. The van der Waals surface area contributed by atoms with Gasteiger partial charge in [0.15, 0.2) is 12.0 Å². The summed E-state index contributed by atoms with van der Waals surface area (Å²) in [5.41, 5.74) is -0.186. The van der Waals surface area contributed by atoms with Crippen molar-refractivity contribution in [2.45, 2.75) is 24.9 Å². The maximum Gasteiger partial charge on any atom is 0.191 e. The highest BCUT2D eigenvalue weighted by Gasteiger charge is 2.35. The number of halogens is 1. The lowest BCUT2D eigenvalue weighted by atomic mass is 9.81. The van der Waals surface area contributed by atoms with Gasteiger partial charge < -0.3 is 0 Å². The van der Waals surface area contributed by atoms with Crippen LogP contribution in [0.5, 0.6) is 0 Å². The van der Waals surface area contributed by atoms with Gasteiger partial charge in [-0.1, -0.05) is 24.3 Å². The smallest absolute Gasteiger partial charge is 0.191 e. The highest BCUT2D eigenvalue weighted by Crippen LogP contribution is 2.36. The van der Waals surface area contributed by atoms with E-state index < -0.39 is 5.67 Å². The molecule has 1 aliphatic rings. The first-order valence-corrected chi connectivity index (χ1v) is 4.50. The van der Waals surface area contributed by atoms with E-state index in [4.69, 9.17) is 0 Å². The number of benzene rings is 1. The number of hydrogen-bond acceptors (Lipinski definition) is 1. The lowest BCUT2D eigenvalue weighted by Gasteiger charge is -2.26. The Labute approximate surface area is 76.6 Å². The summed E-state index contributed by atoms with van der Waals surface area (Å²) >= 11 is 0. The average Bonchev–Trinajstić information content (AvgIpc) is 2.19. The number of carbonyl (C=O) groups is 1. The van der Waals surface area contributed by atoms with Gasteiger partial charge in [-0.3, -0.25) is 4.79 Å². The van der Waals surface area contributed by atoms with E-state index in [1.807, 2.05) is 12.1 Å². The molecular formula is C11H11FO. The van der Waals surface area contributed by atoms with E-state index in [-0.39, 0.29) is 0 Å². The molecule has 1 aliphatic carbocycles. The maximum atomic E-state index is 13.9. The quantitative estimate of drug-likeness (QED) is 0.603. The number of carbonyl (C=O) groups excluding carboxylic acids is 1. The Hall–Kier alpha value is -1.18. The first-order valence-electron chi connectivity index (χ1n) is 4.50. The lowest BCUT2D eigenvalue weighted by Crippen LogP contribution is -2.27. The van der Waals surface area contributed by atoms with Gasteiger partial charge in [-0.2, -0.15) is 0 Å². The second kappa shape index (κ2) is 2.95. The van der Waals surface area contributed by atoms with Gasteiger partial charge in [-0.15, -0.1) is 0 Å². The van der Waals surface area contributed by atoms with Crippen molar-refractivity contribution in [1.29, 1.82) is 0 Å². The molecule has 0 heterocycles. The van der Waals surface area contributed by atoms with E-state index in [2.05, 4.69) is 0 Å².